The second-order valence-corrected chi connectivity index (χ2v) is 6.15. The molecule has 0 aliphatic heterocycles. The Balaban J connectivity index is 1.96. The summed E-state index contributed by atoms with van der Waals surface area (Å²) < 4.78 is 21.4. The minimum Gasteiger partial charge on any atom is -0.491 e. The van der Waals surface area contributed by atoms with E-state index in [-0.39, 0.29) is 6.79 Å². The van der Waals surface area contributed by atoms with Crippen LogP contribution >= 0.6 is 0 Å². The Morgan fingerprint density at radius 1 is 1.07 bits per heavy atom. The minimum absolute atomic E-state index is 0.185. The Morgan fingerprint density at radius 3 is 2.76 bits per heavy atom. The number of terminal acetylenes is 1. The Morgan fingerprint density at radius 2 is 1.97 bits per heavy atom. The van der Waals surface area contributed by atoms with Gasteiger partial charge in [0.2, 0.25) is 0 Å². The predicted octanol–water partition coefficient (Wildman–Crippen LogP) is 3.50. The second-order valence-electron chi connectivity index (χ2n) is 6.15. The molecule has 0 spiro atoms. The number of fused-ring (bicyclic) bond motifs is 1. The monoisotopic (exact) mass is 393 g/mol. The number of hydrogen-bond acceptors (Lipinski definition) is 7. The number of anilines is 2. The number of nitrogens with zero attached hydrogens (tertiary/aromatic N) is 2. The van der Waals surface area contributed by atoms with Crippen LogP contribution in [0.2, 0.25) is 0 Å². The molecule has 0 aliphatic rings. The Hall–Kier alpha value is -3.18. The van der Waals surface area contributed by atoms with E-state index < -0.39 is 0 Å². The summed E-state index contributed by atoms with van der Waals surface area (Å²) in [6, 6.07) is 11.4. The smallest absolute Gasteiger partial charge is 0.146 e. The van der Waals surface area contributed by atoms with Crippen LogP contribution in [0.1, 0.15) is 11.1 Å². The first kappa shape index (κ1) is 20.6. The molecule has 0 atom stereocenters. The van der Waals surface area contributed by atoms with Crippen LogP contribution < -0.4 is 10.1 Å². The lowest BCUT2D eigenvalue weighted by atomic mass is 10.1. The highest BCUT2D eigenvalue weighted by Crippen LogP contribution is 2.30. The number of hydrogen-bond donors (Lipinski definition) is 1. The van der Waals surface area contributed by atoms with Gasteiger partial charge in [0.05, 0.1) is 18.7 Å². The summed E-state index contributed by atoms with van der Waals surface area (Å²) in [5, 5.41) is 4.16. The number of aromatic nitrogens is 2. The summed E-state index contributed by atoms with van der Waals surface area (Å²) in [5.41, 5.74) is 3.24. The van der Waals surface area contributed by atoms with E-state index >= 15 is 0 Å². The topological polar surface area (TPSA) is 74.7 Å². The van der Waals surface area contributed by atoms with Crippen molar-refractivity contribution < 1.29 is 18.9 Å². The summed E-state index contributed by atoms with van der Waals surface area (Å²) >= 11 is 0. The van der Waals surface area contributed by atoms with Gasteiger partial charge in [0, 0.05) is 42.5 Å². The van der Waals surface area contributed by atoms with Crippen molar-refractivity contribution in [1.29, 1.82) is 0 Å². The van der Waals surface area contributed by atoms with Crippen molar-refractivity contribution in [2.45, 2.75) is 6.61 Å². The average Bonchev–Trinajstić information content (AvgIpc) is 2.75. The van der Waals surface area contributed by atoms with E-state index in [4.69, 9.17) is 25.4 Å². The molecule has 3 aromatic rings. The fraction of sp³-hybridized carbons (Fsp3) is 0.273. The lowest BCUT2D eigenvalue weighted by Crippen LogP contribution is -2.07. The van der Waals surface area contributed by atoms with Gasteiger partial charge in [-0.25, -0.2) is 9.97 Å². The molecule has 7 nitrogen and oxygen atoms in total. The van der Waals surface area contributed by atoms with Crippen molar-refractivity contribution in [3.8, 4) is 18.1 Å². The standard InChI is InChI=1S/C22H23N3O4/c1-4-16-6-5-7-18(10-16)25-22-19-11-17(13-28-15-27-3)21(29-9-8-26-2)12-20(19)23-14-24-22/h1,5-7,10-12,14H,8-9,13,15H2,2-3H3,(H,23,24,25). The van der Waals surface area contributed by atoms with Crippen molar-refractivity contribution in [3.05, 3.63) is 53.9 Å². The molecule has 3 rings (SSSR count). The molecule has 0 amide bonds. The largest absolute Gasteiger partial charge is 0.491 e. The van der Waals surface area contributed by atoms with Crippen molar-refractivity contribution in [1.82, 2.24) is 9.97 Å². The van der Waals surface area contributed by atoms with Crippen molar-refractivity contribution in [2.75, 3.05) is 39.5 Å². The first-order chi connectivity index (χ1) is 14.2. The zero-order valence-corrected chi connectivity index (χ0v) is 16.5. The van der Waals surface area contributed by atoms with Crippen LogP contribution in [0.25, 0.3) is 10.9 Å². The highest BCUT2D eigenvalue weighted by molar-refractivity contribution is 5.92. The molecule has 0 bridgehead atoms. The molecule has 0 saturated carbocycles. The van der Waals surface area contributed by atoms with Crippen LogP contribution in [0, 0.1) is 12.3 Å². The van der Waals surface area contributed by atoms with E-state index in [9.17, 15) is 0 Å². The molecule has 1 N–H and O–H groups in total. The van der Waals surface area contributed by atoms with E-state index in [0.29, 0.717) is 31.4 Å². The van der Waals surface area contributed by atoms with E-state index in [1.165, 1.54) is 6.33 Å². The van der Waals surface area contributed by atoms with E-state index in [1.54, 1.807) is 14.2 Å². The number of benzene rings is 2. The van der Waals surface area contributed by atoms with Crippen molar-refractivity contribution >= 4 is 22.4 Å². The van der Waals surface area contributed by atoms with Gasteiger partial charge in [0.1, 0.15) is 31.3 Å². The molecular formula is C22H23N3O4. The first-order valence-electron chi connectivity index (χ1n) is 9.05. The first-order valence-corrected chi connectivity index (χ1v) is 9.05. The van der Waals surface area contributed by atoms with E-state index in [0.717, 1.165) is 27.7 Å². The molecule has 1 heterocycles. The number of ether oxygens (including phenoxy) is 4. The van der Waals surface area contributed by atoms with Crippen LogP contribution in [0.3, 0.4) is 0 Å². The third-order valence-electron chi connectivity index (χ3n) is 4.11. The quantitative estimate of drug-likeness (QED) is 0.321. The highest BCUT2D eigenvalue weighted by Gasteiger charge is 2.12. The van der Waals surface area contributed by atoms with Gasteiger partial charge in [0.15, 0.2) is 0 Å². The second kappa shape index (κ2) is 10.4. The third kappa shape index (κ3) is 5.42. The highest BCUT2D eigenvalue weighted by atomic mass is 16.7. The lowest BCUT2D eigenvalue weighted by molar-refractivity contribution is -0.0396. The Labute approximate surface area is 170 Å². The molecular weight excluding hydrogens is 370 g/mol. The maximum atomic E-state index is 5.86. The van der Waals surface area contributed by atoms with Crippen molar-refractivity contribution in [2.24, 2.45) is 0 Å². The molecule has 0 saturated heterocycles. The summed E-state index contributed by atoms with van der Waals surface area (Å²) in [6.45, 7) is 1.42. The van der Waals surface area contributed by atoms with Crippen molar-refractivity contribution in [3.63, 3.8) is 0 Å². The van der Waals surface area contributed by atoms with Gasteiger partial charge in [-0.15, -0.1) is 6.42 Å². The fourth-order valence-corrected chi connectivity index (χ4v) is 2.77. The maximum Gasteiger partial charge on any atom is 0.146 e. The van der Waals surface area contributed by atoms with Crippen LogP contribution in [0.4, 0.5) is 11.5 Å². The molecule has 150 valence electrons. The Bertz CT molecular complexity index is 1000. The van der Waals surface area contributed by atoms with Gasteiger partial charge in [-0.3, -0.25) is 0 Å². The predicted molar refractivity (Wildman–Crippen MR) is 111 cm³/mol. The molecule has 1 aromatic heterocycles. The summed E-state index contributed by atoms with van der Waals surface area (Å²) in [5.74, 6) is 3.98. The van der Waals surface area contributed by atoms with Crippen LogP contribution in [-0.2, 0) is 20.8 Å². The molecule has 7 heteroatoms. The zero-order chi connectivity index (χ0) is 20.5. The molecule has 0 radical (unpaired) electrons. The lowest BCUT2D eigenvalue weighted by Gasteiger charge is -2.15. The van der Waals surface area contributed by atoms with E-state index in [2.05, 4.69) is 21.2 Å². The summed E-state index contributed by atoms with van der Waals surface area (Å²) in [4.78, 5) is 8.78. The summed E-state index contributed by atoms with van der Waals surface area (Å²) in [7, 11) is 3.21. The number of rotatable bonds is 10. The fourth-order valence-electron chi connectivity index (χ4n) is 2.77. The normalized spacial score (nSPS) is 10.7. The van der Waals surface area contributed by atoms with Crippen LogP contribution in [-0.4, -0.2) is 44.2 Å². The van der Waals surface area contributed by atoms with Gasteiger partial charge >= 0.3 is 0 Å². The van der Waals surface area contributed by atoms with Gasteiger partial charge in [-0.2, -0.15) is 0 Å². The summed E-state index contributed by atoms with van der Waals surface area (Å²) in [6.07, 6.45) is 7.01. The molecule has 0 fully saturated rings. The Kier molecular flexibility index (Phi) is 7.36. The van der Waals surface area contributed by atoms with Gasteiger partial charge in [-0.1, -0.05) is 12.0 Å². The number of nitrogens with one attached hydrogen (secondary N) is 1. The third-order valence-corrected chi connectivity index (χ3v) is 4.11. The maximum absolute atomic E-state index is 5.86. The van der Waals surface area contributed by atoms with Gasteiger partial charge in [-0.05, 0) is 24.3 Å². The van der Waals surface area contributed by atoms with Gasteiger partial charge < -0.3 is 24.3 Å². The van der Waals surface area contributed by atoms with Crippen LogP contribution in [0.15, 0.2) is 42.7 Å². The zero-order valence-electron chi connectivity index (χ0n) is 16.5. The molecule has 2 aromatic carbocycles. The molecule has 0 unspecified atom stereocenters. The van der Waals surface area contributed by atoms with Gasteiger partial charge in [0.25, 0.3) is 0 Å². The number of methoxy groups -OCH3 is 2. The van der Waals surface area contributed by atoms with E-state index in [1.807, 2.05) is 36.4 Å². The SMILES string of the molecule is C#Cc1cccc(Nc2ncnc3cc(OCCOC)c(COCOC)cc23)c1. The molecule has 0 aliphatic carbocycles. The molecule has 29 heavy (non-hydrogen) atoms. The minimum atomic E-state index is 0.185. The average molecular weight is 393 g/mol. The van der Waals surface area contributed by atoms with Crippen LogP contribution in [0.5, 0.6) is 5.75 Å².